The van der Waals surface area contributed by atoms with Crippen LogP contribution in [0.2, 0.25) is 10.0 Å². The van der Waals surface area contributed by atoms with Crippen molar-refractivity contribution in [1.82, 2.24) is 9.97 Å². The van der Waals surface area contributed by atoms with Crippen LogP contribution in [0, 0.1) is 17.0 Å². The zero-order valence-corrected chi connectivity index (χ0v) is 11.7. The van der Waals surface area contributed by atoms with Gasteiger partial charge in [-0.1, -0.05) is 23.2 Å². The van der Waals surface area contributed by atoms with E-state index in [1.54, 1.807) is 12.1 Å². The first kappa shape index (κ1) is 14.3. The molecular weight excluding hydrogens is 305 g/mol. The lowest BCUT2D eigenvalue weighted by molar-refractivity contribution is -0.385. The first-order chi connectivity index (χ1) is 9.38. The van der Waals surface area contributed by atoms with E-state index in [9.17, 15) is 10.1 Å². The molecule has 0 fully saturated rings. The highest BCUT2D eigenvalue weighted by Crippen LogP contribution is 2.32. The number of hydrogen-bond acceptors (Lipinski definition) is 6. The molecule has 2 aromatic rings. The van der Waals surface area contributed by atoms with Crippen LogP contribution in [0.1, 0.15) is 5.69 Å². The SMILES string of the molecule is Cc1nc(N)nc(Nc2cc(Cl)ccc2Cl)c1[N+](=O)[O-]. The van der Waals surface area contributed by atoms with Crippen molar-refractivity contribution in [2.24, 2.45) is 0 Å². The molecule has 0 saturated heterocycles. The molecule has 104 valence electrons. The number of nitro groups is 1. The van der Waals surface area contributed by atoms with Crippen molar-refractivity contribution in [1.29, 1.82) is 0 Å². The van der Waals surface area contributed by atoms with Gasteiger partial charge in [-0.15, -0.1) is 0 Å². The third kappa shape index (κ3) is 2.89. The molecule has 1 heterocycles. The predicted molar refractivity (Wildman–Crippen MR) is 77.6 cm³/mol. The normalized spacial score (nSPS) is 10.3. The molecule has 1 aromatic carbocycles. The van der Waals surface area contributed by atoms with E-state index in [2.05, 4.69) is 15.3 Å². The van der Waals surface area contributed by atoms with E-state index in [-0.39, 0.29) is 23.1 Å². The molecule has 7 nitrogen and oxygen atoms in total. The Morgan fingerprint density at radius 2 is 2.05 bits per heavy atom. The fraction of sp³-hybridized carbons (Fsp3) is 0.0909. The molecule has 0 aliphatic heterocycles. The molecule has 0 radical (unpaired) electrons. The Bertz CT molecular complexity index is 693. The maximum atomic E-state index is 11.1. The van der Waals surface area contributed by atoms with E-state index >= 15 is 0 Å². The topological polar surface area (TPSA) is 107 Å². The Kier molecular flexibility index (Phi) is 3.91. The van der Waals surface area contributed by atoms with Crippen molar-refractivity contribution in [3.8, 4) is 0 Å². The molecule has 0 spiro atoms. The van der Waals surface area contributed by atoms with E-state index in [0.717, 1.165) is 0 Å². The van der Waals surface area contributed by atoms with Crippen LogP contribution in [0.25, 0.3) is 0 Å². The van der Waals surface area contributed by atoms with Crippen LogP contribution in [-0.2, 0) is 0 Å². The highest BCUT2D eigenvalue weighted by atomic mass is 35.5. The second kappa shape index (κ2) is 5.48. The molecule has 0 aliphatic rings. The number of halogens is 2. The number of nitrogens with one attached hydrogen (secondary N) is 1. The second-order valence-corrected chi connectivity index (χ2v) is 4.71. The number of nitrogens with two attached hydrogens (primary N) is 1. The number of anilines is 3. The lowest BCUT2D eigenvalue weighted by Crippen LogP contribution is -2.07. The van der Waals surface area contributed by atoms with E-state index in [1.807, 2.05) is 0 Å². The van der Waals surface area contributed by atoms with Gasteiger partial charge in [0.15, 0.2) is 0 Å². The van der Waals surface area contributed by atoms with Crippen molar-refractivity contribution in [2.45, 2.75) is 6.92 Å². The first-order valence-electron chi connectivity index (χ1n) is 5.39. The first-order valence-corrected chi connectivity index (χ1v) is 6.14. The van der Waals surface area contributed by atoms with Gasteiger partial charge in [-0.3, -0.25) is 10.1 Å². The average Bonchev–Trinajstić information content (AvgIpc) is 2.32. The van der Waals surface area contributed by atoms with Gasteiger partial charge in [0.25, 0.3) is 0 Å². The third-order valence-electron chi connectivity index (χ3n) is 2.44. The summed E-state index contributed by atoms with van der Waals surface area (Å²) >= 11 is 11.8. The standard InChI is InChI=1S/C11H9Cl2N5O2/c1-5-9(18(19)20)10(17-11(14)15-5)16-8-4-6(12)2-3-7(8)13/h2-4H,1H3,(H3,14,15,16,17). The molecule has 0 aliphatic carbocycles. The molecule has 0 atom stereocenters. The van der Waals surface area contributed by atoms with Crippen molar-refractivity contribution in [3.05, 3.63) is 44.1 Å². The molecule has 0 unspecified atom stereocenters. The van der Waals surface area contributed by atoms with Crippen molar-refractivity contribution < 1.29 is 4.92 Å². The van der Waals surface area contributed by atoms with Crippen LogP contribution in [0.3, 0.4) is 0 Å². The van der Waals surface area contributed by atoms with Crippen LogP contribution in [-0.4, -0.2) is 14.9 Å². The molecule has 3 N–H and O–H groups in total. The van der Waals surface area contributed by atoms with Gasteiger partial charge in [0.2, 0.25) is 11.8 Å². The molecule has 0 saturated carbocycles. The minimum absolute atomic E-state index is 0.0378. The quantitative estimate of drug-likeness (QED) is 0.664. The zero-order valence-electron chi connectivity index (χ0n) is 10.2. The predicted octanol–water partition coefficient (Wildman–Crippen LogP) is 3.33. The summed E-state index contributed by atoms with van der Waals surface area (Å²) in [5, 5.41) is 14.6. The van der Waals surface area contributed by atoms with Crippen LogP contribution >= 0.6 is 23.2 Å². The number of nitrogen functional groups attached to an aromatic ring is 1. The summed E-state index contributed by atoms with van der Waals surface area (Å²) in [4.78, 5) is 18.1. The van der Waals surface area contributed by atoms with Gasteiger partial charge in [-0.05, 0) is 25.1 Å². The third-order valence-corrected chi connectivity index (χ3v) is 3.00. The molecule has 9 heteroatoms. The molecule has 1 aromatic heterocycles. The largest absolute Gasteiger partial charge is 0.368 e. The van der Waals surface area contributed by atoms with Crippen molar-refractivity contribution >= 4 is 46.3 Å². The van der Waals surface area contributed by atoms with E-state index < -0.39 is 4.92 Å². The number of aromatic nitrogens is 2. The van der Waals surface area contributed by atoms with Gasteiger partial charge in [-0.25, -0.2) is 4.98 Å². The fourth-order valence-corrected chi connectivity index (χ4v) is 1.95. The monoisotopic (exact) mass is 313 g/mol. The smallest absolute Gasteiger partial charge is 0.332 e. The maximum absolute atomic E-state index is 11.1. The van der Waals surface area contributed by atoms with Crippen molar-refractivity contribution in [3.63, 3.8) is 0 Å². The highest BCUT2D eigenvalue weighted by Gasteiger charge is 2.22. The fourth-order valence-electron chi connectivity index (χ4n) is 1.62. The van der Waals surface area contributed by atoms with Gasteiger partial charge in [-0.2, -0.15) is 4.98 Å². The van der Waals surface area contributed by atoms with Crippen molar-refractivity contribution in [2.75, 3.05) is 11.1 Å². The van der Waals surface area contributed by atoms with Crippen LogP contribution in [0.5, 0.6) is 0 Å². The number of benzene rings is 1. The number of hydrogen-bond donors (Lipinski definition) is 2. The summed E-state index contributed by atoms with van der Waals surface area (Å²) in [5.41, 5.74) is 5.78. The summed E-state index contributed by atoms with van der Waals surface area (Å²) in [6.07, 6.45) is 0. The summed E-state index contributed by atoms with van der Waals surface area (Å²) in [5.74, 6) is -0.113. The van der Waals surface area contributed by atoms with E-state index in [4.69, 9.17) is 28.9 Å². The van der Waals surface area contributed by atoms with Gasteiger partial charge in [0.05, 0.1) is 15.6 Å². The molecular formula is C11H9Cl2N5O2. The number of rotatable bonds is 3. The molecule has 0 amide bonds. The maximum Gasteiger partial charge on any atom is 0.332 e. The van der Waals surface area contributed by atoms with E-state index in [1.165, 1.54) is 13.0 Å². The molecule has 20 heavy (non-hydrogen) atoms. The lowest BCUT2D eigenvalue weighted by Gasteiger charge is -2.09. The number of aryl methyl sites for hydroxylation is 1. The van der Waals surface area contributed by atoms with Gasteiger partial charge in [0, 0.05) is 5.02 Å². The summed E-state index contributed by atoms with van der Waals surface area (Å²) in [6, 6.07) is 4.69. The summed E-state index contributed by atoms with van der Waals surface area (Å²) < 4.78 is 0. The summed E-state index contributed by atoms with van der Waals surface area (Å²) in [7, 11) is 0. The van der Waals surface area contributed by atoms with Gasteiger partial charge in [0.1, 0.15) is 5.69 Å². The highest BCUT2D eigenvalue weighted by molar-refractivity contribution is 6.35. The Hall–Kier alpha value is -2.12. The van der Waals surface area contributed by atoms with Crippen LogP contribution in [0.15, 0.2) is 18.2 Å². The Morgan fingerprint density at radius 3 is 2.70 bits per heavy atom. The zero-order chi connectivity index (χ0) is 14.9. The second-order valence-electron chi connectivity index (χ2n) is 3.87. The Balaban J connectivity index is 2.53. The average molecular weight is 314 g/mol. The molecule has 0 bridgehead atoms. The summed E-state index contributed by atoms with van der Waals surface area (Å²) in [6.45, 7) is 1.47. The van der Waals surface area contributed by atoms with Crippen LogP contribution in [0.4, 0.5) is 23.1 Å². The minimum Gasteiger partial charge on any atom is -0.368 e. The number of nitrogens with zero attached hydrogens (tertiary/aromatic N) is 3. The minimum atomic E-state index is -0.588. The van der Waals surface area contributed by atoms with E-state index in [0.29, 0.717) is 15.7 Å². The molecule has 2 rings (SSSR count). The lowest BCUT2D eigenvalue weighted by atomic mass is 10.3. The Morgan fingerprint density at radius 1 is 1.35 bits per heavy atom. The van der Waals surface area contributed by atoms with Crippen LogP contribution < -0.4 is 11.1 Å². The van der Waals surface area contributed by atoms with Gasteiger partial charge < -0.3 is 11.1 Å². The Labute approximate surface area is 123 Å². The van der Waals surface area contributed by atoms with Gasteiger partial charge >= 0.3 is 5.69 Å².